The minimum absolute atomic E-state index is 0.117. The number of nitro groups is 1. The Balaban J connectivity index is 1.87. The lowest BCUT2D eigenvalue weighted by Crippen LogP contribution is -2.62. The number of halogens is 3. The van der Waals surface area contributed by atoms with Crippen LogP contribution in [0.3, 0.4) is 0 Å². The molecular formula is C18H17F3N2O8S. The second kappa shape index (κ2) is 8.41. The normalized spacial score (nSPS) is 21.0. The largest absolute Gasteiger partial charge is 0.534 e. The third-order valence-corrected chi connectivity index (χ3v) is 6.15. The molecule has 2 atom stereocenters. The molecule has 0 N–H and O–H groups in total. The number of alkyl halides is 3. The average Bonchev–Trinajstić information content (AvgIpc) is 2.71. The van der Waals surface area contributed by atoms with Gasteiger partial charge in [0, 0.05) is 24.6 Å². The van der Waals surface area contributed by atoms with Gasteiger partial charge in [0.2, 0.25) is 5.91 Å². The molecule has 2 aliphatic rings. The van der Waals surface area contributed by atoms with Crippen molar-refractivity contribution in [3.63, 3.8) is 0 Å². The Morgan fingerprint density at radius 3 is 2.44 bits per heavy atom. The van der Waals surface area contributed by atoms with Crippen LogP contribution >= 0.6 is 0 Å². The van der Waals surface area contributed by atoms with Gasteiger partial charge < -0.3 is 8.92 Å². The predicted molar refractivity (Wildman–Crippen MR) is 99.6 cm³/mol. The average molecular weight is 478 g/mol. The van der Waals surface area contributed by atoms with E-state index in [1.807, 2.05) is 0 Å². The van der Waals surface area contributed by atoms with E-state index in [1.54, 1.807) is 6.92 Å². The van der Waals surface area contributed by atoms with Gasteiger partial charge in [0.25, 0.3) is 5.69 Å². The number of amides is 1. The van der Waals surface area contributed by atoms with Crippen LogP contribution in [0.5, 0.6) is 0 Å². The molecule has 1 amide bonds. The van der Waals surface area contributed by atoms with Gasteiger partial charge in [0.15, 0.2) is 11.5 Å². The Morgan fingerprint density at radius 2 is 1.91 bits per heavy atom. The summed E-state index contributed by atoms with van der Waals surface area (Å²) in [6.45, 7) is 1.31. The van der Waals surface area contributed by atoms with E-state index in [0.717, 1.165) is 17.0 Å². The molecule has 1 saturated heterocycles. The lowest BCUT2D eigenvalue weighted by molar-refractivity contribution is -0.384. The van der Waals surface area contributed by atoms with Gasteiger partial charge in [-0.15, -0.1) is 0 Å². The summed E-state index contributed by atoms with van der Waals surface area (Å²) in [6.07, 6.45) is 0.233. The number of fused-ring (bicyclic) bond motifs is 1. The highest BCUT2D eigenvalue weighted by Gasteiger charge is 2.55. The molecule has 1 aromatic rings. The van der Waals surface area contributed by atoms with Crippen LogP contribution in [0.2, 0.25) is 0 Å². The zero-order valence-electron chi connectivity index (χ0n) is 16.5. The molecular weight excluding hydrogens is 461 g/mol. The molecule has 0 bridgehead atoms. The summed E-state index contributed by atoms with van der Waals surface area (Å²) in [5.41, 5.74) is -6.30. The SMILES string of the molecule is CC[C@H]1C(=O)N2C(C(=O)OCc3ccc([N+](=O)[O-])cc3)=C(OS(=O)(=O)C(F)(F)F)CC[C@H]12. The number of β-lactam (4-membered cyclic amide) rings is 1. The van der Waals surface area contributed by atoms with Crippen molar-refractivity contribution in [2.24, 2.45) is 5.92 Å². The molecule has 10 nitrogen and oxygen atoms in total. The fourth-order valence-corrected chi connectivity index (χ4v) is 4.11. The molecule has 0 saturated carbocycles. The topological polar surface area (TPSA) is 133 Å². The van der Waals surface area contributed by atoms with E-state index in [0.29, 0.717) is 12.0 Å². The molecule has 174 valence electrons. The van der Waals surface area contributed by atoms with E-state index in [1.165, 1.54) is 12.1 Å². The van der Waals surface area contributed by atoms with Gasteiger partial charge in [-0.25, -0.2) is 4.79 Å². The van der Waals surface area contributed by atoms with Crippen molar-refractivity contribution in [3.05, 3.63) is 51.4 Å². The summed E-state index contributed by atoms with van der Waals surface area (Å²) in [5.74, 6) is -3.07. The first kappa shape index (κ1) is 23.5. The van der Waals surface area contributed by atoms with E-state index in [2.05, 4.69) is 4.18 Å². The first-order chi connectivity index (χ1) is 14.9. The van der Waals surface area contributed by atoms with Crippen molar-refractivity contribution < 1.29 is 45.0 Å². The second-order valence-electron chi connectivity index (χ2n) is 7.08. The van der Waals surface area contributed by atoms with Gasteiger partial charge in [-0.3, -0.25) is 19.8 Å². The number of esters is 1. The Morgan fingerprint density at radius 1 is 1.28 bits per heavy atom. The molecule has 0 spiro atoms. The summed E-state index contributed by atoms with van der Waals surface area (Å²) >= 11 is 0. The van der Waals surface area contributed by atoms with Crippen LogP contribution in [-0.2, 0) is 35.2 Å². The third kappa shape index (κ3) is 4.26. The van der Waals surface area contributed by atoms with Crippen LogP contribution in [0.25, 0.3) is 0 Å². The van der Waals surface area contributed by atoms with Gasteiger partial charge >= 0.3 is 21.6 Å². The Bertz CT molecular complexity index is 1080. The maximum absolute atomic E-state index is 12.8. The third-order valence-electron chi connectivity index (χ3n) is 5.17. The zero-order chi connectivity index (χ0) is 23.8. The summed E-state index contributed by atoms with van der Waals surface area (Å²) < 4.78 is 70.5. The molecule has 0 aliphatic carbocycles. The van der Waals surface area contributed by atoms with Gasteiger partial charge in [0.1, 0.15) is 6.61 Å². The van der Waals surface area contributed by atoms with Gasteiger partial charge in [-0.05, 0) is 30.5 Å². The Kier molecular flexibility index (Phi) is 6.18. The number of nitro benzene ring substituents is 1. The van der Waals surface area contributed by atoms with Crippen molar-refractivity contribution in [2.45, 2.75) is 44.3 Å². The Hall–Kier alpha value is -3.16. The highest BCUT2D eigenvalue weighted by Crippen LogP contribution is 2.43. The number of rotatable bonds is 7. The molecule has 0 unspecified atom stereocenters. The molecule has 2 aliphatic heterocycles. The number of non-ortho nitro benzene ring substituents is 1. The molecule has 32 heavy (non-hydrogen) atoms. The van der Waals surface area contributed by atoms with Crippen LogP contribution in [-0.4, -0.2) is 41.7 Å². The number of benzene rings is 1. The zero-order valence-corrected chi connectivity index (χ0v) is 17.3. The summed E-state index contributed by atoms with van der Waals surface area (Å²) in [5, 5.41) is 10.7. The molecule has 3 rings (SSSR count). The monoisotopic (exact) mass is 478 g/mol. The number of ether oxygens (including phenoxy) is 1. The number of hydrogen-bond acceptors (Lipinski definition) is 8. The highest BCUT2D eigenvalue weighted by molar-refractivity contribution is 7.87. The number of allylic oxidation sites excluding steroid dienone is 1. The molecule has 1 aromatic carbocycles. The number of nitrogens with zero attached hydrogens (tertiary/aromatic N) is 2. The standard InChI is InChI=1S/C18H17F3N2O8S/c1-2-12-13-7-8-14(31-32(28,29)18(19,20)21)15(22(13)16(12)24)17(25)30-9-10-3-5-11(6-4-10)23(26)27/h3-6,12-13H,2,7-9H2,1H3/t12-,13-/m1/s1. The number of carbonyl (C=O) groups excluding carboxylic acids is 2. The Labute approximate surface area is 179 Å². The van der Waals surface area contributed by atoms with Crippen LogP contribution < -0.4 is 0 Å². The number of carbonyl (C=O) groups is 2. The fraction of sp³-hybridized carbons (Fsp3) is 0.444. The maximum Gasteiger partial charge on any atom is 0.534 e. The van der Waals surface area contributed by atoms with Crippen LogP contribution in [0.15, 0.2) is 35.7 Å². The molecule has 0 aromatic heterocycles. The highest BCUT2D eigenvalue weighted by atomic mass is 32.2. The van der Waals surface area contributed by atoms with Crippen molar-refractivity contribution >= 4 is 27.7 Å². The van der Waals surface area contributed by atoms with Crippen LogP contribution in [0.1, 0.15) is 31.7 Å². The van der Waals surface area contributed by atoms with Gasteiger partial charge in [0.05, 0.1) is 10.8 Å². The quantitative estimate of drug-likeness (QED) is 0.146. The molecule has 0 radical (unpaired) electrons. The molecule has 14 heteroatoms. The minimum atomic E-state index is -6.06. The lowest BCUT2D eigenvalue weighted by atomic mass is 9.79. The fourth-order valence-electron chi connectivity index (χ4n) is 3.59. The molecule has 1 fully saturated rings. The van der Waals surface area contributed by atoms with E-state index in [9.17, 15) is 41.3 Å². The smallest absolute Gasteiger partial charge is 0.456 e. The first-order valence-electron chi connectivity index (χ1n) is 9.34. The van der Waals surface area contributed by atoms with Crippen molar-refractivity contribution in [1.82, 2.24) is 4.90 Å². The van der Waals surface area contributed by atoms with Gasteiger partial charge in [-0.1, -0.05) is 6.92 Å². The van der Waals surface area contributed by atoms with E-state index < -0.39 is 62.4 Å². The lowest BCUT2D eigenvalue weighted by Gasteiger charge is -2.49. The van der Waals surface area contributed by atoms with E-state index in [-0.39, 0.29) is 18.5 Å². The van der Waals surface area contributed by atoms with Crippen molar-refractivity contribution in [3.8, 4) is 0 Å². The van der Waals surface area contributed by atoms with E-state index >= 15 is 0 Å². The summed E-state index contributed by atoms with van der Waals surface area (Å²) in [7, 11) is -6.06. The summed E-state index contributed by atoms with van der Waals surface area (Å²) in [6, 6.07) is 4.44. The van der Waals surface area contributed by atoms with E-state index in [4.69, 9.17) is 4.74 Å². The first-order valence-corrected chi connectivity index (χ1v) is 10.8. The van der Waals surface area contributed by atoms with Crippen molar-refractivity contribution in [1.29, 1.82) is 0 Å². The minimum Gasteiger partial charge on any atom is -0.456 e. The second-order valence-corrected chi connectivity index (χ2v) is 8.62. The maximum atomic E-state index is 12.8. The molecule has 2 heterocycles. The van der Waals surface area contributed by atoms with Crippen LogP contribution in [0.4, 0.5) is 18.9 Å². The summed E-state index contributed by atoms with van der Waals surface area (Å²) in [4.78, 5) is 36.1. The van der Waals surface area contributed by atoms with Crippen LogP contribution in [0, 0.1) is 16.0 Å². The number of hydrogen-bond donors (Lipinski definition) is 0. The predicted octanol–water partition coefficient (Wildman–Crippen LogP) is 2.75. The van der Waals surface area contributed by atoms with Crippen molar-refractivity contribution in [2.75, 3.05) is 0 Å². The van der Waals surface area contributed by atoms with Gasteiger partial charge in [-0.2, -0.15) is 21.6 Å².